The SMILES string of the molecule is CC1SCC(C(N)C2CCOC3(CCCCC3)C2)SC1C. The number of ether oxygens (including phenoxy) is 1. The second kappa shape index (κ2) is 7.02. The predicted molar refractivity (Wildman–Crippen MR) is 95.2 cm³/mol. The number of nitrogens with two attached hydrogens (primary N) is 1. The lowest BCUT2D eigenvalue weighted by Gasteiger charge is -2.47. The van der Waals surface area contributed by atoms with Gasteiger partial charge in [-0.25, -0.2) is 0 Å². The maximum absolute atomic E-state index is 6.73. The Kier molecular flexibility index (Phi) is 5.51. The molecule has 122 valence electrons. The molecule has 2 nitrogen and oxygen atoms in total. The van der Waals surface area contributed by atoms with E-state index in [9.17, 15) is 0 Å². The van der Waals surface area contributed by atoms with E-state index < -0.39 is 0 Å². The van der Waals surface area contributed by atoms with Gasteiger partial charge in [-0.05, 0) is 31.6 Å². The van der Waals surface area contributed by atoms with Crippen LogP contribution in [0.1, 0.15) is 58.8 Å². The minimum Gasteiger partial charge on any atom is -0.375 e. The number of thioether (sulfide) groups is 2. The van der Waals surface area contributed by atoms with Gasteiger partial charge in [0.2, 0.25) is 0 Å². The van der Waals surface area contributed by atoms with Gasteiger partial charge in [-0.2, -0.15) is 23.5 Å². The van der Waals surface area contributed by atoms with Crippen LogP contribution in [0.5, 0.6) is 0 Å². The normalized spacial score (nSPS) is 41.9. The van der Waals surface area contributed by atoms with Gasteiger partial charge < -0.3 is 10.5 Å². The largest absolute Gasteiger partial charge is 0.375 e. The van der Waals surface area contributed by atoms with Gasteiger partial charge in [0.25, 0.3) is 0 Å². The van der Waals surface area contributed by atoms with E-state index in [2.05, 4.69) is 37.4 Å². The minimum absolute atomic E-state index is 0.199. The van der Waals surface area contributed by atoms with Crippen molar-refractivity contribution in [2.24, 2.45) is 11.7 Å². The van der Waals surface area contributed by atoms with Gasteiger partial charge in [-0.1, -0.05) is 33.1 Å². The van der Waals surface area contributed by atoms with Crippen LogP contribution in [0.25, 0.3) is 0 Å². The third-order valence-corrected chi connectivity index (χ3v) is 9.38. The molecule has 3 aliphatic rings. The summed E-state index contributed by atoms with van der Waals surface area (Å²) < 4.78 is 6.24. The highest BCUT2D eigenvalue weighted by Crippen LogP contribution is 2.44. The highest BCUT2D eigenvalue weighted by atomic mass is 32.2. The van der Waals surface area contributed by atoms with E-state index in [1.807, 2.05) is 0 Å². The molecule has 0 aromatic rings. The first kappa shape index (κ1) is 16.5. The summed E-state index contributed by atoms with van der Waals surface area (Å²) in [5.74, 6) is 1.91. The second-order valence-corrected chi connectivity index (χ2v) is 10.4. The molecule has 0 bridgehead atoms. The summed E-state index contributed by atoms with van der Waals surface area (Å²) in [4.78, 5) is 0. The Morgan fingerprint density at radius 2 is 1.90 bits per heavy atom. The van der Waals surface area contributed by atoms with Crippen LogP contribution in [0, 0.1) is 5.92 Å². The van der Waals surface area contributed by atoms with Crippen LogP contribution in [0.2, 0.25) is 0 Å². The fourth-order valence-electron chi connectivity index (χ4n) is 4.25. The lowest BCUT2D eigenvalue weighted by molar-refractivity contribution is -0.120. The molecule has 3 rings (SSSR count). The Balaban J connectivity index is 1.60. The second-order valence-electron chi connectivity index (χ2n) is 7.34. The fraction of sp³-hybridized carbons (Fsp3) is 1.00. The molecular weight excluding hydrogens is 298 g/mol. The smallest absolute Gasteiger partial charge is 0.0685 e. The zero-order valence-corrected chi connectivity index (χ0v) is 15.2. The van der Waals surface area contributed by atoms with Crippen molar-refractivity contribution in [2.45, 2.75) is 86.2 Å². The maximum atomic E-state index is 6.73. The van der Waals surface area contributed by atoms with Gasteiger partial charge in [0.15, 0.2) is 0 Å². The first-order valence-electron chi connectivity index (χ1n) is 8.76. The molecule has 1 saturated carbocycles. The lowest BCUT2D eigenvalue weighted by Crippen LogP contribution is -2.51. The molecule has 0 radical (unpaired) electrons. The van der Waals surface area contributed by atoms with Gasteiger partial charge in [-0.15, -0.1) is 0 Å². The van der Waals surface area contributed by atoms with Crippen molar-refractivity contribution in [1.82, 2.24) is 0 Å². The third kappa shape index (κ3) is 3.76. The van der Waals surface area contributed by atoms with Crippen LogP contribution in [0.3, 0.4) is 0 Å². The van der Waals surface area contributed by atoms with E-state index >= 15 is 0 Å². The standard InChI is InChI=1S/C17H31NOS2/c1-12-13(2)21-15(11-20-12)16(18)14-6-9-19-17(10-14)7-4-3-5-8-17/h12-16H,3-11,18H2,1-2H3. The molecule has 21 heavy (non-hydrogen) atoms. The summed E-state index contributed by atoms with van der Waals surface area (Å²) in [6.07, 6.45) is 9.04. The molecule has 2 heterocycles. The molecule has 0 amide bonds. The molecule has 5 atom stereocenters. The zero-order chi connectivity index (χ0) is 14.9. The fourth-order valence-corrected chi connectivity index (χ4v) is 7.39. The van der Waals surface area contributed by atoms with Gasteiger partial charge in [0.05, 0.1) is 5.60 Å². The zero-order valence-electron chi connectivity index (χ0n) is 13.6. The maximum Gasteiger partial charge on any atom is 0.0685 e. The Morgan fingerprint density at radius 1 is 1.14 bits per heavy atom. The Morgan fingerprint density at radius 3 is 2.62 bits per heavy atom. The molecule has 5 unspecified atom stereocenters. The molecule has 1 spiro atoms. The van der Waals surface area contributed by atoms with Crippen molar-refractivity contribution in [3.05, 3.63) is 0 Å². The minimum atomic E-state index is 0.199. The molecule has 3 fully saturated rings. The summed E-state index contributed by atoms with van der Waals surface area (Å²) >= 11 is 4.27. The van der Waals surface area contributed by atoms with Crippen molar-refractivity contribution in [2.75, 3.05) is 12.4 Å². The number of hydrogen-bond acceptors (Lipinski definition) is 4. The van der Waals surface area contributed by atoms with Gasteiger partial charge in [0.1, 0.15) is 0 Å². The highest BCUT2D eigenvalue weighted by Gasteiger charge is 2.42. The molecule has 2 saturated heterocycles. The Hall–Kier alpha value is 0.620. The first-order chi connectivity index (χ1) is 10.1. The molecule has 4 heteroatoms. The van der Waals surface area contributed by atoms with Crippen LogP contribution >= 0.6 is 23.5 Å². The van der Waals surface area contributed by atoms with E-state index in [0.717, 1.165) is 17.1 Å². The van der Waals surface area contributed by atoms with E-state index in [1.165, 1.54) is 50.7 Å². The lowest BCUT2D eigenvalue weighted by atomic mass is 9.74. The quantitative estimate of drug-likeness (QED) is 0.828. The van der Waals surface area contributed by atoms with E-state index in [-0.39, 0.29) is 5.60 Å². The van der Waals surface area contributed by atoms with Crippen LogP contribution < -0.4 is 5.73 Å². The third-order valence-electron chi connectivity index (χ3n) is 5.84. The highest BCUT2D eigenvalue weighted by molar-refractivity contribution is 8.07. The van der Waals surface area contributed by atoms with E-state index in [0.29, 0.717) is 17.2 Å². The number of hydrogen-bond donors (Lipinski definition) is 1. The summed E-state index contributed by atoms with van der Waals surface area (Å²) in [5.41, 5.74) is 6.93. The average Bonchev–Trinajstić information content (AvgIpc) is 2.50. The van der Waals surface area contributed by atoms with Crippen molar-refractivity contribution in [3.63, 3.8) is 0 Å². The molecule has 0 aromatic carbocycles. The van der Waals surface area contributed by atoms with E-state index in [4.69, 9.17) is 10.5 Å². The summed E-state index contributed by atoms with van der Waals surface area (Å²) in [6.45, 7) is 5.66. The summed E-state index contributed by atoms with van der Waals surface area (Å²) in [5, 5.41) is 2.16. The van der Waals surface area contributed by atoms with Crippen molar-refractivity contribution >= 4 is 23.5 Å². The summed E-state index contributed by atoms with van der Waals surface area (Å²) in [6, 6.07) is 0.361. The van der Waals surface area contributed by atoms with Crippen molar-refractivity contribution in [1.29, 1.82) is 0 Å². The monoisotopic (exact) mass is 329 g/mol. The molecule has 0 aromatic heterocycles. The predicted octanol–water partition coefficient (Wildman–Crippen LogP) is 4.07. The topological polar surface area (TPSA) is 35.2 Å². The summed E-state index contributed by atoms with van der Waals surface area (Å²) in [7, 11) is 0. The number of rotatable bonds is 2. The molecular formula is C17H31NOS2. The Bertz CT molecular complexity index is 340. The molecule has 1 aliphatic carbocycles. The van der Waals surface area contributed by atoms with Crippen molar-refractivity contribution < 1.29 is 4.74 Å². The van der Waals surface area contributed by atoms with Gasteiger partial charge in [-0.3, -0.25) is 0 Å². The Labute approximate surface area is 138 Å². The van der Waals surface area contributed by atoms with Crippen molar-refractivity contribution in [3.8, 4) is 0 Å². The van der Waals surface area contributed by atoms with Gasteiger partial charge >= 0.3 is 0 Å². The van der Waals surface area contributed by atoms with Crippen LogP contribution in [-0.2, 0) is 4.74 Å². The van der Waals surface area contributed by atoms with E-state index in [1.54, 1.807) is 0 Å². The molecule has 2 aliphatic heterocycles. The average molecular weight is 330 g/mol. The van der Waals surface area contributed by atoms with Crippen LogP contribution in [-0.4, -0.2) is 39.8 Å². The van der Waals surface area contributed by atoms with Crippen LogP contribution in [0.4, 0.5) is 0 Å². The van der Waals surface area contributed by atoms with Gasteiger partial charge in [0, 0.05) is 34.2 Å². The van der Waals surface area contributed by atoms with Crippen LogP contribution in [0.15, 0.2) is 0 Å². The molecule has 2 N–H and O–H groups in total. The first-order valence-corrected chi connectivity index (χ1v) is 10.8.